The number of nitro groups is 1. The van der Waals surface area contributed by atoms with Gasteiger partial charge in [-0.15, -0.1) is 0 Å². The van der Waals surface area contributed by atoms with Gasteiger partial charge in [-0.3, -0.25) is 10.1 Å². The average Bonchev–Trinajstić information content (AvgIpc) is 2.35. The molecule has 0 aromatic heterocycles. The van der Waals surface area contributed by atoms with E-state index in [-0.39, 0.29) is 23.6 Å². The molecule has 0 aliphatic heterocycles. The monoisotopic (exact) mass is 296 g/mol. The van der Waals surface area contributed by atoms with E-state index < -0.39 is 10.7 Å². The van der Waals surface area contributed by atoms with Crippen LogP contribution in [-0.4, -0.2) is 23.6 Å². The van der Waals surface area contributed by atoms with Crippen molar-refractivity contribution in [2.75, 3.05) is 13.2 Å². The van der Waals surface area contributed by atoms with Crippen molar-refractivity contribution in [2.24, 2.45) is 0 Å². The Balaban J connectivity index is 2.66. The molecule has 1 N–H and O–H groups in total. The summed E-state index contributed by atoms with van der Waals surface area (Å²) in [5, 5.41) is 14.0. The number of benzene rings is 1. The van der Waals surface area contributed by atoms with Crippen LogP contribution in [0.3, 0.4) is 0 Å². The molecule has 1 rings (SSSR count). The van der Waals surface area contributed by atoms with E-state index in [0.29, 0.717) is 12.1 Å². The molecule has 0 amide bonds. The van der Waals surface area contributed by atoms with Gasteiger partial charge in [-0.2, -0.15) is 0 Å². The summed E-state index contributed by atoms with van der Waals surface area (Å²) < 4.78 is 19.1. The predicted octanol–water partition coefficient (Wildman–Crippen LogP) is 3.37. The predicted molar refractivity (Wildman–Crippen MR) is 80.2 cm³/mol. The Labute approximate surface area is 124 Å². The van der Waals surface area contributed by atoms with Gasteiger partial charge < -0.3 is 10.1 Å². The number of nitrogens with one attached hydrogen (secondary N) is 1. The molecule has 0 aliphatic carbocycles. The van der Waals surface area contributed by atoms with Crippen LogP contribution in [0.15, 0.2) is 24.3 Å². The van der Waals surface area contributed by atoms with Crippen LogP contribution in [0, 0.1) is 22.9 Å². The van der Waals surface area contributed by atoms with Crippen molar-refractivity contribution >= 4 is 5.69 Å². The van der Waals surface area contributed by atoms with E-state index in [0.717, 1.165) is 11.6 Å². The van der Waals surface area contributed by atoms with Crippen LogP contribution in [0.2, 0.25) is 0 Å². The highest BCUT2D eigenvalue weighted by atomic mass is 19.1. The lowest BCUT2D eigenvalue weighted by Crippen LogP contribution is -2.37. The number of nitrogens with zero attached hydrogens (tertiary/aromatic N) is 1. The second kappa shape index (κ2) is 6.67. The summed E-state index contributed by atoms with van der Waals surface area (Å²) in [6, 6.07) is 2.21. The van der Waals surface area contributed by atoms with Crippen LogP contribution in [-0.2, 0) is 0 Å². The summed E-state index contributed by atoms with van der Waals surface area (Å²) in [5.74, 6) is -0.751. The highest BCUT2D eigenvalue weighted by molar-refractivity contribution is 5.45. The van der Waals surface area contributed by atoms with Crippen molar-refractivity contribution in [1.29, 1.82) is 0 Å². The van der Waals surface area contributed by atoms with E-state index in [2.05, 4.69) is 11.9 Å². The Kier molecular flexibility index (Phi) is 5.43. The molecule has 1 aromatic rings. The van der Waals surface area contributed by atoms with Crippen molar-refractivity contribution in [3.8, 4) is 5.75 Å². The molecular formula is C15H21FN2O3. The van der Waals surface area contributed by atoms with Crippen molar-refractivity contribution in [1.82, 2.24) is 5.32 Å². The maximum atomic E-state index is 13.7. The van der Waals surface area contributed by atoms with Gasteiger partial charge in [0.2, 0.25) is 0 Å². The molecule has 0 bridgehead atoms. The van der Waals surface area contributed by atoms with Crippen LogP contribution in [0.4, 0.5) is 10.1 Å². The lowest BCUT2D eigenvalue weighted by molar-refractivity contribution is -0.385. The minimum atomic E-state index is -0.746. The van der Waals surface area contributed by atoms with Crippen molar-refractivity contribution < 1.29 is 14.1 Å². The summed E-state index contributed by atoms with van der Waals surface area (Å²) in [4.78, 5) is 10.1. The maximum absolute atomic E-state index is 13.7. The summed E-state index contributed by atoms with van der Waals surface area (Å²) in [6.07, 6.45) is 0. The van der Waals surface area contributed by atoms with Crippen molar-refractivity contribution in [3.63, 3.8) is 0 Å². The fourth-order valence-electron chi connectivity index (χ4n) is 1.57. The number of ether oxygens (including phenoxy) is 1. The zero-order valence-electron chi connectivity index (χ0n) is 12.8. The molecule has 0 saturated carbocycles. The van der Waals surface area contributed by atoms with Gasteiger partial charge in [-0.25, -0.2) is 4.39 Å². The summed E-state index contributed by atoms with van der Waals surface area (Å²) in [7, 11) is 0. The molecule has 6 heteroatoms. The van der Waals surface area contributed by atoms with Crippen molar-refractivity contribution in [2.45, 2.75) is 33.2 Å². The molecule has 0 heterocycles. The summed E-state index contributed by atoms with van der Waals surface area (Å²) >= 11 is 0. The third-order valence-corrected chi connectivity index (χ3v) is 2.75. The second-order valence-electron chi connectivity index (χ2n) is 5.97. The average molecular weight is 296 g/mol. The highest BCUT2D eigenvalue weighted by Crippen LogP contribution is 2.27. The minimum Gasteiger partial charge on any atom is -0.486 e. The normalized spacial score (nSPS) is 11.3. The van der Waals surface area contributed by atoms with Gasteiger partial charge in [0, 0.05) is 17.6 Å². The third-order valence-electron chi connectivity index (χ3n) is 2.75. The Morgan fingerprint density at radius 1 is 1.48 bits per heavy atom. The van der Waals surface area contributed by atoms with E-state index in [1.807, 2.05) is 20.8 Å². The number of hydrogen-bond donors (Lipinski definition) is 1. The van der Waals surface area contributed by atoms with Gasteiger partial charge in [0.1, 0.15) is 6.61 Å². The third kappa shape index (κ3) is 5.51. The van der Waals surface area contributed by atoms with E-state index in [1.165, 1.54) is 6.07 Å². The maximum Gasteiger partial charge on any atom is 0.275 e. The van der Waals surface area contributed by atoms with Crippen molar-refractivity contribution in [3.05, 3.63) is 45.8 Å². The van der Waals surface area contributed by atoms with E-state index in [1.54, 1.807) is 6.92 Å². The van der Waals surface area contributed by atoms with Crippen LogP contribution < -0.4 is 10.1 Å². The molecule has 1 aromatic carbocycles. The fourth-order valence-corrected chi connectivity index (χ4v) is 1.57. The number of halogens is 1. The first-order valence-corrected chi connectivity index (χ1v) is 6.59. The van der Waals surface area contributed by atoms with Crippen LogP contribution in [0.25, 0.3) is 0 Å². The number of aryl methyl sites for hydroxylation is 1. The largest absolute Gasteiger partial charge is 0.486 e. The van der Waals surface area contributed by atoms with E-state index >= 15 is 0 Å². The molecule has 0 atom stereocenters. The van der Waals surface area contributed by atoms with E-state index in [4.69, 9.17) is 4.74 Å². The Bertz CT molecular complexity index is 551. The molecule has 0 unspecified atom stereocenters. The molecule has 21 heavy (non-hydrogen) atoms. The molecule has 0 spiro atoms. The zero-order valence-corrected chi connectivity index (χ0v) is 12.8. The first-order chi connectivity index (χ1) is 9.60. The van der Waals surface area contributed by atoms with E-state index in [9.17, 15) is 14.5 Å². The molecule has 116 valence electrons. The molecule has 5 nitrogen and oxygen atoms in total. The smallest absolute Gasteiger partial charge is 0.275 e. The van der Waals surface area contributed by atoms with Gasteiger partial charge in [0.15, 0.2) is 11.6 Å². The van der Waals surface area contributed by atoms with Gasteiger partial charge in [-0.05, 0) is 39.3 Å². The Morgan fingerprint density at radius 3 is 2.62 bits per heavy atom. The highest BCUT2D eigenvalue weighted by Gasteiger charge is 2.16. The summed E-state index contributed by atoms with van der Waals surface area (Å²) in [5.41, 5.74) is 0.821. The quantitative estimate of drug-likeness (QED) is 0.496. The number of nitro benzene ring substituents is 1. The Hall–Kier alpha value is -1.95. The topological polar surface area (TPSA) is 64.4 Å². The van der Waals surface area contributed by atoms with Crippen LogP contribution >= 0.6 is 0 Å². The molecule has 0 saturated heterocycles. The molecular weight excluding hydrogens is 275 g/mol. The first-order valence-electron chi connectivity index (χ1n) is 6.59. The van der Waals surface area contributed by atoms with Gasteiger partial charge in [0.25, 0.3) is 5.69 Å². The van der Waals surface area contributed by atoms with Crippen LogP contribution in [0.5, 0.6) is 5.75 Å². The van der Waals surface area contributed by atoms with Crippen LogP contribution in [0.1, 0.15) is 26.3 Å². The van der Waals surface area contributed by atoms with Gasteiger partial charge >= 0.3 is 0 Å². The second-order valence-corrected chi connectivity index (χ2v) is 5.97. The zero-order chi connectivity index (χ0) is 16.2. The Morgan fingerprint density at radius 2 is 2.10 bits per heavy atom. The minimum absolute atomic E-state index is 0.00462. The number of rotatable bonds is 6. The SMILES string of the molecule is C=C(CNC(C)(C)C)COc1cc(C)c([N+](=O)[O-])cc1F. The molecule has 0 fully saturated rings. The fraction of sp³-hybridized carbons (Fsp3) is 0.467. The van der Waals surface area contributed by atoms with Gasteiger partial charge in [0.05, 0.1) is 11.0 Å². The van der Waals surface area contributed by atoms with Gasteiger partial charge in [-0.1, -0.05) is 6.58 Å². The summed E-state index contributed by atoms with van der Waals surface area (Å²) in [6.45, 7) is 12.2. The molecule has 0 aliphatic rings. The lowest BCUT2D eigenvalue weighted by Gasteiger charge is -2.21. The number of hydrogen-bond acceptors (Lipinski definition) is 4. The first kappa shape index (κ1) is 17.1. The lowest BCUT2D eigenvalue weighted by atomic mass is 10.1. The standard InChI is InChI=1S/C15H21FN2O3/c1-10(8-17-15(3,4)5)9-21-14-6-11(2)13(18(19)20)7-12(14)16/h6-7,17H,1,8-9H2,2-5H3. The molecule has 0 radical (unpaired) electrons.